The molecule has 2 aromatic heterocycles. The van der Waals surface area contributed by atoms with E-state index in [1.807, 2.05) is 0 Å². The molecule has 27 heavy (non-hydrogen) atoms. The molecule has 0 unspecified atom stereocenters. The van der Waals surface area contributed by atoms with Gasteiger partial charge < -0.3 is 18.8 Å². The number of likely N-dealkylation sites (tertiary alicyclic amines) is 1. The van der Waals surface area contributed by atoms with Gasteiger partial charge in [0, 0.05) is 25.9 Å². The predicted octanol–water partition coefficient (Wildman–Crippen LogP) is 2.69. The molecule has 2 aromatic rings. The van der Waals surface area contributed by atoms with E-state index in [1.54, 1.807) is 4.90 Å². The molecule has 0 N–H and O–H groups in total. The molecule has 0 saturated carbocycles. The Morgan fingerprint density at radius 2 is 2.22 bits per heavy atom. The Hall–Kier alpha value is -2.48. The van der Waals surface area contributed by atoms with E-state index in [-0.39, 0.29) is 17.4 Å². The minimum atomic E-state index is -0.449. The van der Waals surface area contributed by atoms with Gasteiger partial charge in [0.15, 0.2) is 17.9 Å². The van der Waals surface area contributed by atoms with E-state index in [1.165, 1.54) is 31.0 Å². The summed E-state index contributed by atoms with van der Waals surface area (Å²) in [6, 6.07) is 2.88. The van der Waals surface area contributed by atoms with Crippen molar-refractivity contribution < 1.29 is 23.1 Å². The van der Waals surface area contributed by atoms with Gasteiger partial charge in [0.1, 0.15) is 6.26 Å². The van der Waals surface area contributed by atoms with Crippen molar-refractivity contribution in [2.75, 3.05) is 26.3 Å². The van der Waals surface area contributed by atoms with Crippen LogP contribution in [0.1, 0.15) is 36.2 Å². The lowest BCUT2D eigenvalue weighted by molar-refractivity contribution is -0.0650. The van der Waals surface area contributed by atoms with Crippen LogP contribution in [0.25, 0.3) is 0 Å². The number of halogens is 1. The van der Waals surface area contributed by atoms with Gasteiger partial charge in [0.25, 0.3) is 5.91 Å². The quantitative estimate of drug-likeness (QED) is 0.800. The first-order chi connectivity index (χ1) is 13.2. The SMILES string of the molecule is O=C(c1cocn1)N1CCC2(CC1)OCC[C@H]2CCOc1ncccc1F. The van der Waals surface area contributed by atoms with Crippen molar-refractivity contribution in [1.82, 2.24) is 14.9 Å². The van der Waals surface area contributed by atoms with Crippen molar-refractivity contribution in [3.8, 4) is 5.88 Å². The average molecular weight is 375 g/mol. The monoisotopic (exact) mass is 375 g/mol. The molecule has 0 bridgehead atoms. The molecule has 8 heteroatoms. The van der Waals surface area contributed by atoms with E-state index >= 15 is 0 Å². The smallest absolute Gasteiger partial charge is 0.275 e. The van der Waals surface area contributed by atoms with Gasteiger partial charge in [0.05, 0.1) is 12.2 Å². The zero-order valence-corrected chi connectivity index (χ0v) is 15.0. The largest absolute Gasteiger partial charge is 0.476 e. The Labute approximate surface area is 156 Å². The van der Waals surface area contributed by atoms with E-state index in [9.17, 15) is 9.18 Å². The first-order valence-electron chi connectivity index (χ1n) is 9.23. The maximum Gasteiger partial charge on any atom is 0.275 e. The molecule has 0 aliphatic carbocycles. The van der Waals surface area contributed by atoms with E-state index in [2.05, 4.69) is 9.97 Å². The van der Waals surface area contributed by atoms with Gasteiger partial charge in [-0.15, -0.1) is 0 Å². The molecule has 2 aliphatic heterocycles. The molecule has 1 spiro atoms. The average Bonchev–Trinajstić information content (AvgIpc) is 3.35. The van der Waals surface area contributed by atoms with Crippen molar-refractivity contribution in [1.29, 1.82) is 0 Å². The fraction of sp³-hybridized carbons (Fsp3) is 0.526. The normalized spacial score (nSPS) is 21.5. The van der Waals surface area contributed by atoms with E-state index in [0.717, 1.165) is 25.7 Å². The highest BCUT2D eigenvalue weighted by Crippen LogP contribution is 2.42. The van der Waals surface area contributed by atoms with Crippen molar-refractivity contribution >= 4 is 5.91 Å². The van der Waals surface area contributed by atoms with E-state index < -0.39 is 5.82 Å². The summed E-state index contributed by atoms with van der Waals surface area (Å²) < 4.78 is 30.1. The third-order valence-electron chi connectivity index (χ3n) is 5.58. The summed E-state index contributed by atoms with van der Waals surface area (Å²) in [7, 11) is 0. The fourth-order valence-electron chi connectivity index (χ4n) is 4.09. The van der Waals surface area contributed by atoms with Crippen LogP contribution in [-0.4, -0.2) is 52.7 Å². The lowest BCUT2D eigenvalue weighted by atomic mass is 9.78. The van der Waals surface area contributed by atoms with Crippen LogP contribution in [0.4, 0.5) is 4.39 Å². The molecule has 4 rings (SSSR count). The Balaban J connectivity index is 1.32. The number of nitrogens with zero attached hydrogens (tertiary/aromatic N) is 3. The van der Waals surface area contributed by atoms with Crippen LogP contribution < -0.4 is 4.74 Å². The fourth-order valence-corrected chi connectivity index (χ4v) is 4.09. The highest BCUT2D eigenvalue weighted by atomic mass is 19.1. The molecule has 2 fully saturated rings. The van der Waals surface area contributed by atoms with Crippen LogP contribution in [0.3, 0.4) is 0 Å². The van der Waals surface area contributed by atoms with Crippen molar-refractivity contribution in [3.63, 3.8) is 0 Å². The Bertz CT molecular complexity index is 775. The third kappa shape index (κ3) is 3.66. The molecular weight excluding hydrogens is 353 g/mol. The molecule has 1 amide bonds. The number of aromatic nitrogens is 2. The maximum absolute atomic E-state index is 13.6. The number of carbonyl (C=O) groups is 1. The lowest BCUT2D eigenvalue weighted by Gasteiger charge is -2.42. The molecule has 4 heterocycles. The predicted molar refractivity (Wildman–Crippen MR) is 92.7 cm³/mol. The number of piperidine rings is 1. The molecule has 1 atom stereocenters. The van der Waals surface area contributed by atoms with Gasteiger partial charge in [-0.3, -0.25) is 4.79 Å². The van der Waals surface area contributed by atoms with Crippen LogP contribution in [-0.2, 0) is 4.74 Å². The van der Waals surface area contributed by atoms with Gasteiger partial charge >= 0.3 is 0 Å². The summed E-state index contributed by atoms with van der Waals surface area (Å²) in [6.07, 6.45) is 7.42. The summed E-state index contributed by atoms with van der Waals surface area (Å²) in [5, 5.41) is 0. The number of carbonyl (C=O) groups excluding carboxylic acids is 1. The van der Waals surface area contributed by atoms with Crippen LogP contribution in [0, 0.1) is 11.7 Å². The minimum Gasteiger partial charge on any atom is -0.476 e. The van der Waals surface area contributed by atoms with Crippen molar-refractivity contribution in [3.05, 3.63) is 42.5 Å². The molecule has 2 saturated heterocycles. The number of pyridine rings is 1. The Kier molecular flexibility index (Phi) is 5.07. The zero-order chi connectivity index (χ0) is 18.7. The Morgan fingerprint density at radius 3 is 2.96 bits per heavy atom. The number of amides is 1. The van der Waals surface area contributed by atoms with Gasteiger partial charge in [-0.05, 0) is 43.7 Å². The number of rotatable bonds is 5. The highest BCUT2D eigenvalue weighted by Gasteiger charge is 2.46. The molecule has 7 nitrogen and oxygen atoms in total. The third-order valence-corrected chi connectivity index (χ3v) is 5.58. The second-order valence-corrected chi connectivity index (χ2v) is 6.99. The van der Waals surface area contributed by atoms with Crippen molar-refractivity contribution in [2.24, 2.45) is 5.92 Å². The summed E-state index contributed by atoms with van der Waals surface area (Å²) >= 11 is 0. The molecule has 0 aromatic carbocycles. The summed E-state index contributed by atoms with van der Waals surface area (Å²) in [4.78, 5) is 22.0. The standard InChI is InChI=1S/C19H22FN3O4/c20-15-2-1-7-21-17(15)26-10-3-14-4-11-27-19(14)5-8-23(9-6-19)18(24)16-12-25-13-22-16/h1-2,7,12-14H,3-6,8-11H2/t14-/m1/s1. The number of hydrogen-bond acceptors (Lipinski definition) is 6. The van der Waals surface area contributed by atoms with E-state index in [4.69, 9.17) is 13.9 Å². The molecular formula is C19H22FN3O4. The second-order valence-electron chi connectivity index (χ2n) is 6.99. The summed E-state index contributed by atoms with van der Waals surface area (Å²) in [5.41, 5.74) is 0.104. The van der Waals surface area contributed by atoms with Crippen molar-refractivity contribution in [2.45, 2.75) is 31.3 Å². The molecule has 144 valence electrons. The number of oxazole rings is 1. The minimum absolute atomic E-state index is 0.0403. The zero-order valence-electron chi connectivity index (χ0n) is 15.0. The number of hydrogen-bond donors (Lipinski definition) is 0. The number of ether oxygens (including phenoxy) is 2. The van der Waals surface area contributed by atoms with Crippen LogP contribution in [0.2, 0.25) is 0 Å². The van der Waals surface area contributed by atoms with Gasteiger partial charge in [-0.25, -0.2) is 14.4 Å². The van der Waals surface area contributed by atoms with Gasteiger partial charge in [0.2, 0.25) is 5.88 Å². The second kappa shape index (κ2) is 7.64. The van der Waals surface area contributed by atoms with E-state index in [0.29, 0.717) is 37.9 Å². The lowest BCUT2D eigenvalue weighted by Crippen LogP contribution is -2.49. The highest BCUT2D eigenvalue weighted by molar-refractivity contribution is 5.91. The van der Waals surface area contributed by atoms with Crippen LogP contribution in [0.5, 0.6) is 5.88 Å². The maximum atomic E-state index is 13.6. The molecule has 0 radical (unpaired) electrons. The summed E-state index contributed by atoms with van der Waals surface area (Å²) in [6.45, 7) is 2.35. The van der Waals surface area contributed by atoms with Crippen LogP contribution >= 0.6 is 0 Å². The van der Waals surface area contributed by atoms with Gasteiger partial charge in [-0.2, -0.15) is 0 Å². The molecule has 2 aliphatic rings. The first kappa shape index (κ1) is 17.9. The summed E-state index contributed by atoms with van der Waals surface area (Å²) in [5.74, 6) is -0.191. The van der Waals surface area contributed by atoms with Crippen LogP contribution in [0.15, 0.2) is 35.4 Å². The van der Waals surface area contributed by atoms with Gasteiger partial charge in [-0.1, -0.05) is 0 Å². The topological polar surface area (TPSA) is 77.7 Å². The Morgan fingerprint density at radius 1 is 1.37 bits per heavy atom. The first-order valence-corrected chi connectivity index (χ1v) is 9.23.